The number of hydrogen-bond donors (Lipinski definition) is 2. The molecule has 0 aliphatic rings. The number of anilines is 1. The minimum atomic E-state index is -4.45. The Morgan fingerprint density at radius 3 is 2.70 bits per heavy atom. The van der Waals surface area contributed by atoms with E-state index in [4.69, 9.17) is 4.74 Å². The maximum atomic E-state index is 12.5. The fourth-order valence-electron chi connectivity index (χ4n) is 1.49. The molecule has 0 aromatic carbocycles. The quantitative estimate of drug-likeness (QED) is 0.903. The highest BCUT2D eigenvalue weighted by molar-refractivity contribution is 5.30. The van der Waals surface area contributed by atoms with Gasteiger partial charge < -0.3 is 15.0 Å². The molecule has 0 aliphatic heterocycles. The molecule has 0 fully saturated rings. The summed E-state index contributed by atoms with van der Waals surface area (Å²) in [5.74, 6) is 0.732. The van der Waals surface area contributed by atoms with Crippen molar-refractivity contribution < 1.29 is 17.9 Å². The first kappa shape index (κ1) is 14.1. The van der Waals surface area contributed by atoms with E-state index in [2.05, 4.69) is 25.3 Å². The molecule has 0 saturated carbocycles. The molecule has 6 nitrogen and oxygen atoms in total. The predicted octanol–water partition coefficient (Wildman–Crippen LogP) is 2.40. The van der Waals surface area contributed by atoms with Gasteiger partial charge in [0.05, 0.1) is 19.3 Å². The van der Waals surface area contributed by atoms with Crippen LogP contribution < -0.4 is 10.1 Å². The van der Waals surface area contributed by atoms with E-state index in [-0.39, 0.29) is 11.8 Å². The highest BCUT2D eigenvalue weighted by atomic mass is 19.4. The van der Waals surface area contributed by atoms with E-state index in [1.54, 1.807) is 13.0 Å². The smallest absolute Gasteiger partial charge is 0.432 e. The van der Waals surface area contributed by atoms with E-state index >= 15 is 0 Å². The van der Waals surface area contributed by atoms with Crippen LogP contribution in [0.5, 0.6) is 5.88 Å². The van der Waals surface area contributed by atoms with Crippen molar-refractivity contribution in [2.24, 2.45) is 0 Å². The number of methoxy groups -OCH3 is 1. The summed E-state index contributed by atoms with van der Waals surface area (Å²) in [6, 6.07) is 1.04. The van der Waals surface area contributed by atoms with Gasteiger partial charge in [0, 0.05) is 12.3 Å². The summed E-state index contributed by atoms with van der Waals surface area (Å²) in [7, 11) is 1.46. The first-order chi connectivity index (χ1) is 9.40. The fraction of sp³-hybridized carbons (Fsp3) is 0.364. The van der Waals surface area contributed by atoms with Crippen LogP contribution in [0.4, 0.5) is 19.1 Å². The molecule has 0 radical (unpaired) electrons. The lowest BCUT2D eigenvalue weighted by molar-refractivity contribution is -0.140. The summed E-state index contributed by atoms with van der Waals surface area (Å²) in [4.78, 5) is 13.9. The molecule has 9 heteroatoms. The molecular formula is C11H12F3N5O. The van der Waals surface area contributed by atoms with E-state index in [0.29, 0.717) is 5.88 Å². The van der Waals surface area contributed by atoms with E-state index in [9.17, 15) is 13.2 Å². The Hall–Kier alpha value is -2.32. The first-order valence-corrected chi connectivity index (χ1v) is 5.66. The Labute approximate surface area is 112 Å². The predicted molar refractivity (Wildman–Crippen MR) is 64.2 cm³/mol. The van der Waals surface area contributed by atoms with Gasteiger partial charge in [-0.05, 0) is 6.92 Å². The van der Waals surface area contributed by atoms with Gasteiger partial charge in [-0.15, -0.1) is 0 Å². The zero-order chi connectivity index (χ0) is 14.8. The average molecular weight is 287 g/mol. The molecule has 108 valence electrons. The van der Waals surface area contributed by atoms with Gasteiger partial charge >= 0.3 is 6.18 Å². The number of nitrogens with one attached hydrogen (secondary N) is 2. The summed E-state index contributed by atoms with van der Waals surface area (Å²) in [6.07, 6.45) is -2.22. The molecule has 2 aromatic heterocycles. The second kappa shape index (κ2) is 5.35. The third-order valence-electron chi connectivity index (χ3n) is 2.50. The Kier molecular flexibility index (Phi) is 3.77. The van der Waals surface area contributed by atoms with Gasteiger partial charge in [-0.25, -0.2) is 9.97 Å². The van der Waals surface area contributed by atoms with Crippen LogP contribution in [0, 0.1) is 0 Å². The molecule has 2 N–H and O–H groups in total. The molecule has 1 atom stereocenters. The van der Waals surface area contributed by atoms with Gasteiger partial charge in [-0.1, -0.05) is 0 Å². The Balaban J connectivity index is 2.11. The molecule has 2 rings (SSSR count). The largest absolute Gasteiger partial charge is 0.481 e. The molecule has 0 bridgehead atoms. The van der Waals surface area contributed by atoms with E-state index in [0.717, 1.165) is 6.20 Å². The third-order valence-corrected chi connectivity index (χ3v) is 2.50. The van der Waals surface area contributed by atoms with Crippen molar-refractivity contribution in [1.82, 2.24) is 19.9 Å². The van der Waals surface area contributed by atoms with Crippen LogP contribution in [0.1, 0.15) is 24.5 Å². The van der Waals surface area contributed by atoms with Gasteiger partial charge in [0.1, 0.15) is 11.5 Å². The van der Waals surface area contributed by atoms with Crippen LogP contribution in [0.2, 0.25) is 0 Å². The van der Waals surface area contributed by atoms with Crippen LogP contribution in [0.3, 0.4) is 0 Å². The maximum Gasteiger partial charge on any atom is 0.432 e. The lowest BCUT2D eigenvalue weighted by Crippen LogP contribution is -2.12. The van der Waals surface area contributed by atoms with Gasteiger partial charge in [0.15, 0.2) is 0 Å². The molecule has 2 heterocycles. The van der Waals surface area contributed by atoms with Crippen LogP contribution in [0.15, 0.2) is 18.5 Å². The second-order valence-electron chi connectivity index (χ2n) is 3.97. The standard InChI is InChI=1S/C11H12F3N5O/c1-6(9-16-5-7(18-9)11(12,13)14)17-10-15-4-3-8(19-10)20-2/h3-6H,1-2H3,(H,16,18)(H,15,17,19). The molecule has 0 aliphatic carbocycles. The monoisotopic (exact) mass is 287 g/mol. The zero-order valence-electron chi connectivity index (χ0n) is 10.7. The number of hydrogen-bond acceptors (Lipinski definition) is 5. The van der Waals surface area contributed by atoms with Gasteiger partial charge in [0.2, 0.25) is 11.8 Å². The molecule has 0 amide bonds. The van der Waals surface area contributed by atoms with Crippen LogP contribution in [0.25, 0.3) is 0 Å². The van der Waals surface area contributed by atoms with E-state index in [1.165, 1.54) is 13.3 Å². The summed E-state index contributed by atoms with van der Waals surface area (Å²) in [5, 5.41) is 2.83. The van der Waals surface area contributed by atoms with Crippen molar-refractivity contribution in [2.45, 2.75) is 19.1 Å². The Morgan fingerprint density at radius 1 is 1.35 bits per heavy atom. The topological polar surface area (TPSA) is 75.7 Å². The van der Waals surface area contributed by atoms with Crippen molar-refractivity contribution in [1.29, 1.82) is 0 Å². The molecule has 1 unspecified atom stereocenters. The number of nitrogens with zero attached hydrogens (tertiary/aromatic N) is 3. The number of imidazole rings is 1. The van der Waals surface area contributed by atoms with Gasteiger partial charge in [-0.3, -0.25) is 0 Å². The number of aromatic amines is 1. The number of ether oxygens (including phenoxy) is 1. The molecule has 2 aromatic rings. The molecule has 20 heavy (non-hydrogen) atoms. The van der Waals surface area contributed by atoms with Crippen molar-refractivity contribution in [3.8, 4) is 5.88 Å². The van der Waals surface area contributed by atoms with Gasteiger partial charge in [0.25, 0.3) is 0 Å². The summed E-state index contributed by atoms with van der Waals surface area (Å²) < 4.78 is 42.3. The number of halogens is 3. The number of alkyl halides is 3. The van der Waals surface area contributed by atoms with E-state index < -0.39 is 17.9 Å². The van der Waals surface area contributed by atoms with Crippen molar-refractivity contribution in [2.75, 3.05) is 12.4 Å². The highest BCUT2D eigenvalue weighted by Gasteiger charge is 2.33. The SMILES string of the molecule is COc1ccnc(NC(C)c2ncc(C(F)(F)F)[nH]2)n1. The van der Waals surface area contributed by atoms with Crippen LogP contribution in [-0.2, 0) is 6.18 Å². The highest BCUT2D eigenvalue weighted by Crippen LogP contribution is 2.28. The normalized spacial score (nSPS) is 13.1. The lowest BCUT2D eigenvalue weighted by Gasteiger charge is -2.11. The van der Waals surface area contributed by atoms with E-state index in [1.807, 2.05) is 0 Å². The second-order valence-corrected chi connectivity index (χ2v) is 3.97. The molecule has 0 saturated heterocycles. The van der Waals surface area contributed by atoms with Gasteiger partial charge in [-0.2, -0.15) is 18.2 Å². The lowest BCUT2D eigenvalue weighted by atomic mass is 10.3. The maximum absolute atomic E-state index is 12.5. The Bertz CT molecular complexity index is 583. The zero-order valence-corrected chi connectivity index (χ0v) is 10.7. The summed E-state index contributed by atoms with van der Waals surface area (Å²) in [6.45, 7) is 1.64. The fourth-order valence-corrected chi connectivity index (χ4v) is 1.49. The van der Waals surface area contributed by atoms with Crippen LogP contribution >= 0.6 is 0 Å². The van der Waals surface area contributed by atoms with Crippen molar-refractivity contribution >= 4 is 5.95 Å². The van der Waals surface area contributed by atoms with Crippen molar-refractivity contribution in [3.05, 3.63) is 30.0 Å². The summed E-state index contributed by atoms with van der Waals surface area (Å²) >= 11 is 0. The molecular weight excluding hydrogens is 275 g/mol. The minimum absolute atomic E-state index is 0.142. The van der Waals surface area contributed by atoms with Crippen LogP contribution in [-0.4, -0.2) is 27.0 Å². The summed E-state index contributed by atoms with van der Waals surface area (Å²) in [5.41, 5.74) is -0.896. The van der Waals surface area contributed by atoms with Crippen molar-refractivity contribution in [3.63, 3.8) is 0 Å². The average Bonchev–Trinajstić information content (AvgIpc) is 2.88. The Morgan fingerprint density at radius 2 is 2.10 bits per heavy atom. The number of H-pyrrole nitrogens is 1. The number of aromatic nitrogens is 4. The molecule has 0 spiro atoms. The third kappa shape index (κ3) is 3.16. The number of rotatable bonds is 4. The minimum Gasteiger partial charge on any atom is -0.481 e. The first-order valence-electron chi connectivity index (χ1n) is 5.66.